The fourth-order valence-corrected chi connectivity index (χ4v) is 3.32. The van der Waals surface area contributed by atoms with Crippen LogP contribution < -0.4 is 10.6 Å². The summed E-state index contributed by atoms with van der Waals surface area (Å²) >= 11 is 0. The van der Waals surface area contributed by atoms with E-state index in [-0.39, 0.29) is 0 Å². The van der Waals surface area contributed by atoms with Crippen molar-refractivity contribution in [1.29, 1.82) is 0 Å². The fraction of sp³-hybridized carbons (Fsp3) is 0.400. The molecule has 2 aromatic rings. The van der Waals surface area contributed by atoms with Gasteiger partial charge in [0.25, 0.3) is 0 Å². The molecular formula is C20H26N2. The molecule has 0 saturated heterocycles. The zero-order valence-electron chi connectivity index (χ0n) is 13.4. The molecule has 1 aliphatic rings. The average molecular weight is 294 g/mol. The molecule has 0 aromatic heterocycles. The van der Waals surface area contributed by atoms with Crippen molar-refractivity contribution in [2.75, 3.05) is 17.2 Å². The van der Waals surface area contributed by atoms with Crippen LogP contribution in [0.15, 0.2) is 48.5 Å². The Labute approximate surface area is 134 Å². The van der Waals surface area contributed by atoms with Crippen molar-refractivity contribution in [1.82, 2.24) is 0 Å². The van der Waals surface area contributed by atoms with Crippen LogP contribution in [0.3, 0.4) is 0 Å². The minimum absolute atomic E-state index is 0.644. The van der Waals surface area contributed by atoms with Gasteiger partial charge in [-0.3, -0.25) is 0 Å². The molecule has 0 bridgehead atoms. The summed E-state index contributed by atoms with van der Waals surface area (Å²) < 4.78 is 0. The molecule has 0 amide bonds. The molecule has 0 radical (unpaired) electrons. The SMILES string of the molecule is CCNc1cc(NC2CCCCC2)ccc1-c1ccccc1. The van der Waals surface area contributed by atoms with Crippen LogP contribution in [0.4, 0.5) is 11.4 Å². The summed E-state index contributed by atoms with van der Waals surface area (Å²) in [6.07, 6.45) is 6.72. The Kier molecular flexibility index (Phi) is 4.99. The lowest BCUT2D eigenvalue weighted by atomic mass is 9.95. The Bertz CT molecular complexity index is 586. The second-order valence-corrected chi connectivity index (χ2v) is 6.14. The molecule has 1 aliphatic carbocycles. The number of anilines is 2. The van der Waals surface area contributed by atoms with Gasteiger partial charge in [0.15, 0.2) is 0 Å². The van der Waals surface area contributed by atoms with Gasteiger partial charge in [-0.2, -0.15) is 0 Å². The molecule has 2 heteroatoms. The van der Waals surface area contributed by atoms with Gasteiger partial charge >= 0.3 is 0 Å². The summed E-state index contributed by atoms with van der Waals surface area (Å²) in [6.45, 7) is 3.09. The summed E-state index contributed by atoms with van der Waals surface area (Å²) in [7, 11) is 0. The molecule has 22 heavy (non-hydrogen) atoms. The van der Waals surface area contributed by atoms with Crippen molar-refractivity contribution >= 4 is 11.4 Å². The molecule has 1 saturated carbocycles. The molecule has 2 nitrogen and oxygen atoms in total. The van der Waals surface area contributed by atoms with E-state index in [0.29, 0.717) is 6.04 Å². The number of hydrogen-bond acceptors (Lipinski definition) is 2. The van der Waals surface area contributed by atoms with Crippen molar-refractivity contribution in [2.24, 2.45) is 0 Å². The van der Waals surface area contributed by atoms with Crippen LogP contribution in [-0.2, 0) is 0 Å². The van der Waals surface area contributed by atoms with Gasteiger partial charge in [-0.15, -0.1) is 0 Å². The Hall–Kier alpha value is -1.96. The Morgan fingerprint density at radius 1 is 0.955 bits per heavy atom. The van der Waals surface area contributed by atoms with Gasteiger partial charge < -0.3 is 10.6 Å². The standard InChI is InChI=1S/C20H26N2/c1-2-21-20-15-18(22-17-11-7-4-8-12-17)13-14-19(20)16-9-5-3-6-10-16/h3,5-6,9-10,13-15,17,21-22H,2,4,7-8,11-12H2,1H3. The minimum atomic E-state index is 0.644. The normalized spacial score (nSPS) is 15.5. The highest BCUT2D eigenvalue weighted by molar-refractivity contribution is 5.80. The summed E-state index contributed by atoms with van der Waals surface area (Å²) in [5.41, 5.74) is 5.00. The second-order valence-electron chi connectivity index (χ2n) is 6.14. The lowest BCUT2D eigenvalue weighted by molar-refractivity contribution is 0.463. The summed E-state index contributed by atoms with van der Waals surface area (Å²) in [5, 5.41) is 7.23. The van der Waals surface area contributed by atoms with E-state index < -0.39 is 0 Å². The molecule has 0 heterocycles. The number of hydrogen-bond donors (Lipinski definition) is 2. The quantitative estimate of drug-likeness (QED) is 0.757. The second kappa shape index (κ2) is 7.35. The first-order chi connectivity index (χ1) is 10.9. The van der Waals surface area contributed by atoms with Crippen LogP contribution in [0, 0.1) is 0 Å². The predicted octanol–water partition coefficient (Wildman–Crippen LogP) is 5.53. The first-order valence-electron chi connectivity index (χ1n) is 8.56. The lowest BCUT2D eigenvalue weighted by Gasteiger charge is -2.24. The molecular weight excluding hydrogens is 268 g/mol. The predicted molar refractivity (Wildman–Crippen MR) is 96.5 cm³/mol. The molecule has 116 valence electrons. The van der Waals surface area contributed by atoms with Crippen molar-refractivity contribution in [3.63, 3.8) is 0 Å². The number of benzene rings is 2. The summed E-state index contributed by atoms with van der Waals surface area (Å²) in [5.74, 6) is 0. The smallest absolute Gasteiger partial charge is 0.0440 e. The third kappa shape index (κ3) is 3.62. The maximum absolute atomic E-state index is 3.72. The van der Waals surface area contributed by atoms with Crippen LogP contribution in [-0.4, -0.2) is 12.6 Å². The van der Waals surface area contributed by atoms with Gasteiger partial charge in [0.05, 0.1) is 0 Å². The average Bonchev–Trinajstić information content (AvgIpc) is 2.57. The van der Waals surface area contributed by atoms with E-state index in [1.54, 1.807) is 0 Å². The fourth-order valence-electron chi connectivity index (χ4n) is 3.32. The van der Waals surface area contributed by atoms with Crippen LogP contribution in [0.2, 0.25) is 0 Å². The zero-order valence-corrected chi connectivity index (χ0v) is 13.4. The molecule has 0 unspecified atom stereocenters. The van der Waals surface area contributed by atoms with Crippen LogP contribution >= 0.6 is 0 Å². The molecule has 0 aliphatic heterocycles. The van der Waals surface area contributed by atoms with E-state index in [4.69, 9.17) is 0 Å². The summed E-state index contributed by atoms with van der Waals surface area (Å²) in [6, 6.07) is 18.0. The van der Waals surface area contributed by atoms with E-state index in [1.807, 2.05) is 0 Å². The van der Waals surface area contributed by atoms with Gasteiger partial charge in [0.2, 0.25) is 0 Å². The van der Waals surface area contributed by atoms with Gasteiger partial charge in [-0.05, 0) is 37.5 Å². The van der Waals surface area contributed by atoms with Crippen molar-refractivity contribution in [3.8, 4) is 11.1 Å². The summed E-state index contributed by atoms with van der Waals surface area (Å²) in [4.78, 5) is 0. The molecule has 3 rings (SSSR count). The largest absolute Gasteiger partial charge is 0.385 e. The van der Waals surface area contributed by atoms with Crippen molar-refractivity contribution in [2.45, 2.75) is 45.1 Å². The van der Waals surface area contributed by atoms with Crippen molar-refractivity contribution < 1.29 is 0 Å². The van der Waals surface area contributed by atoms with E-state index in [0.717, 1.165) is 6.54 Å². The number of nitrogens with one attached hydrogen (secondary N) is 2. The van der Waals surface area contributed by atoms with Crippen LogP contribution in [0.5, 0.6) is 0 Å². The van der Waals surface area contributed by atoms with Crippen LogP contribution in [0.25, 0.3) is 11.1 Å². The highest BCUT2D eigenvalue weighted by atomic mass is 14.9. The third-order valence-electron chi connectivity index (χ3n) is 4.45. The molecule has 2 aromatic carbocycles. The van der Waals surface area contributed by atoms with E-state index in [9.17, 15) is 0 Å². The molecule has 0 spiro atoms. The highest BCUT2D eigenvalue weighted by Crippen LogP contribution is 2.31. The van der Waals surface area contributed by atoms with Gasteiger partial charge in [-0.25, -0.2) is 0 Å². The first kappa shape index (κ1) is 15.0. The Balaban J connectivity index is 1.83. The number of rotatable bonds is 5. The van der Waals surface area contributed by atoms with Crippen LogP contribution in [0.1, 0.15) is 39.0 Å². The Morgan fingerprint density at radius 3 is 2.45 bits per heavy atom. The van der Waals surface area contributed by atoms with Crippen molar-refractivity contribution in [3.05, 3.63) is 48.5 Å². The third-order valence-corrected chi connectivity index (χ3v) is 4.45. The monoisotopic (exact) mass is 294 g/mol. The first-order valence-corrected chi connectivity index (χ1v) is 8.56. The minimum Gasteiger partial charge on any atom is -0.385 e. The molecule has 0 atom stereocenters. The Morgan fingerprint density at radius 2 is 1.73 bits per heavy atom. The van der Waals surface area contributed by atoms with Gasteiger partial charge in [0, 0.05) is 29.5 Å². The molecule has 2 N–H and O–H groups in total. The van der Waals surface area contributed by atoms with Gasteiger partial charge in [-0.1, -0.05) is 55.7 Å². The van der Waals surface area contributed by atoms with Gasteiger partial charge in [0.1, 0.15) is 0 Å². The van der Waals surface area contributed by atoms with E-state index in [2.05, 4.69) is 66.1 Å². The topological polar surface area (TPSA) is 24.1 Å². The van der Waals surface area contributed by atoms with E-state index in [1.165, 1.54) is 54.6 Å². The zero-order chi connectivity index (χ0) is 15.2. The molecule has 1 fully saturated rings. The lowest BCUT2D eigenvalue weighted by Crippen LogP contribution is -2.22. The maximum Gasteiger partial charge on any atom is 0.0440 e. The van der Waals surface area contributed by atoms with E-state index >= 15 is 0 Å². The maximum atomic E-state index is 3.72. The highest BCUT2D eigenvalue weighted by Gasteiger charge is 2.13.